The molecule has 0 amide bonds. The first-order valence-corrected chi connectivity index (χ1v) is 16.0. The SMILES string of the molecule is CCCCOCC(O)CN(CCCOC(=O)C(=O)CC)C(O)CCN(CCCOC(=O)C(=O)CC)CCCOC(=O)C(=O)CC. The van der Waals surface area contributed by atoms with Crippen molar-refractivity contribution in [2.24, 2.45) is 0 Å². The number of nitrogens with zero attached hydrogens (tertiary/aromatic N) is 2. The quantitative estimate of drug-likeness (QED) is 0.0388. The average molecular weight is 647 g/mol. The molecule has 14 nitrogen and oxygen atoms in total. The summed E-state index contributed by atoms with van der Waals surface area (Å²) in [7, 11) is 0. The number of unbranched alkanes of at least 4 members (excludes halogenated alkanes) is 1. The normalized spacial score (nSPS) is 12.5. The molecule has 260 valence electrons. The van der Waals surface area contributed by atoms with Crippen LogP contribution in [0.1, 0.15) is 85.5 Å². The monoisotopic (exact) mass is 646 g/mol. The van der Waals surface area contributed by atoms with Gasteiger partial charge in [0.05, 0.1) is 32.5 Å². The van der Waals surface area contributed by atoms with Crippen LogP contribution in [0, 0.1) is 0 Å². The second-order valence-electron chi connectivity index (χ2n) is 10.5. The van der Waals surface area contributed by atoms with Gasteiger partial charge in [0, 0.05) is 58.6 Å². The maximum Gasteiger partial charge on any atom is 0.374 e. The Morgan fingerprint density at radius 3 is 1.47 bits per heavy atom. The van der Waals surface area contributed by atoms with E-state index in [1.54, 1.807) is 25.7 Å². The van der Waals surface area contributed by atoms with Crippen molar-refractivity contribution in [3.8, 4) is 0 Å². The van der Waals surface area contributed by atoms with Gasteiger partial charge in [-0.1, -0.05) is 34.1 Å². The maximum atomic E-state index is 11.7. The molecule has 2 atom stereocenters. The Hall–Kier alpha value is -2.78. The van der Waals surface area contributed by atoms with Crippen molar-refractivity contribution in [2.45, 2.75) is 97.8 Å². The van der Waals surface area contributed by atoms with E-state index in [1.807, 2.05) is 11.8 Å². The van der Waals surface area contributed by atoms with Crippen LogP contribution in [-0.4, -0.2) is 133 Å². The van der Waals surface area contributed by atoms with Gasteiger partial charge in [0.25, 0.3) is 0 Å². The number of ether oxygens (including phenoxy) is 4. The summed E-state index contributed by atoms with van der Waals surface area (Å²) in [5.74, 6) is -4.51. The first kappa shape index (κ1) is 42.2. The van der Waals surface area contributed by atoms with Crippen LogP contribution in [0.5, 0.6) is 0 Å². The number of hydrogen-bond donors (Lipinski definition) is 2. The molecule has 0 radical (unpaired) electrons. The van der Waals surface area contributed by atoms with Crippen LogP contribution >= 0.6 is 0 Å². The number of aliphatic hydroxyl groups is 2. The predicted octanol–water partition coefficient (Wildman–Crippen LogP) is 1.21. The maximum absolute atomic E-state index is 11.7. The van der Waals surface area contributed by atoms with Gasteiger partial charge in [-0.25, -0.2) is 14.4 Å². The van der Waals surface area contributed by atoms with Crippen molar-refractivity contribution in [3.05, 3.63) is 0 Å². The fourth-order valence-corrected chi connectivity index (χ4v) is 3.98. The third kappa shape index (κ3) is 20.8. The third-order valence-electron chi connectivity index (χ3n) is 6.70. The zero-order valence-electron chi connectivity index (χ0n) is 27.5. The van der Waals surface area contributed by atoms with E-state index >= 15 is 0 Å². The second-order valence-corrected chi connectivity index (χ2v) is 10.5. The minimum atomic E-state index is -0.995. The number of carbonyl (C=O) groups is 6. The smallest absolute Gasteiger partial charge is 0.374 e. The molecule has 2 N–H and O–H groups in total. The number of ketones is 3. The fourth-order valence-electron chi connectivity index (χ4n) is 3.98. The molecule has 0 heterocycles. The molecule has 45 heavy (non-hydrogen) atoms. The summed E-state index contributed by atoms with van der Waals surface area (Å²) in [6.07, 6.45) is 1.48. The first-order valence-electron chi connectivity index (χ1n) is 16.0. The minimum Gasteiger partial charge on any atom is -0.460 e. The number of rotatable bonds is 29. The van der Waals surface area contributed by atoms with E-state index in [0.717, 1.165) is 12.8 Å². The molecular weight excluding hydrogens is 592 g/mol. The second kappa shape index (κ2) is 26.4. The van der Waals surface area contributed by atoms with Crippen molar-refractivity contribution >= 4 is 35.3 Å². The molecule has 14 heteroatoms. The first-order chi connectivity index (χ1) is 21.5. The van der Waals surface area contributed by atoms with E-state index in [-0.39, 0.29) is 65.2 Å². The van der Waals surface area contributed by atoms with Gasteiger partial charge in [-0.2, -0.15) is 0 Å². The van der Waals surface area contributed by atoms with Crippen LogP contribution in [0.4, 0.5) is 0 Å². The van der Waals surface area contributed by atoms with Gasteiger partial charge in [-0.3, -0.25) is 19.3 Å². The molecular formula is C31H54N2O12. The molecule has 0 bridgehead atoms. The van der Waals surface area contributed by atoms with Gasteiger partial charge in [-0.05, 0) is 32.1 Å². The number of carbonyl (C=O) groups excluding carboxylic acids is 6. The van der Waals surface area contributed by atoms with Crippen molar-refractivity contribution in [1.29, 1.82) is 0 Å². The Labute approximate surface area is 266 Å². The van der Waals surface area contributed by atoms with Crippen molar-refractivity contribution in [3.63, 3.8) is 0 Å². The lowest BCUT2D eigenvalue weighted by atomic mass is 10.2. The number of aliphatic hydroxyl groups excluding tert-OH is 2. The third-order valence-corrected chi connectivity index (χ3v) is 6.70. The summed E-state index contributed by atoms with van der Waals surface area (Å²) in [5, 5.41) is 21.6. The molecule has 2 unspecified atom stereocenters. The highest BCUT2D eigenvalue weighted by atomic mass is 16.5. The summed E-state index contributed by atoms with van der Waals surface area (Å²) in [4.78, 5) is 73.1. The van der Waals surface area contributed by atoms with E-state index in [1.165, 1.54) is 0 Å². The summed E-state index contributed by atoms with van der Waals surface area (Å²) in [5.41, 5.74) is 0. The molecule has 0 saturated carbocycles. The minimum absolute atomic E-state index is 0.0263. The summed E-state index contributed by atoms with van der Waals surface area (Å²) in [6.45, 7) is 8.99. The fraction of sp³-hybridized carbons (Fsp3) is 0.806. The highest BCUT2D eigenvalue weighted by Gasteiger charge is 2.22. The molecule has 0 aromatic carbocycles. The topological polar surface area (TPSA) is 186 Å². The van der Waals surface area contributed by atoms with Gasteiger partial charge in [0.15, 0.2) is 0 Å². The molecule has 0 aliphatic heterocycles. The lowest BCUT2D eigenvalue weighted by molar-refractivity contribution is -0.154. The van der Waals surface area contributed by atoms with Crippen LogP contribution in [0.3, 0.4) is 0 Å². The Morgan fingerprint density at radius 2 is 1.04 bits per heavy atom. The van der Waals surface area contributed by atoms with E-state index in [4.69, 9.17) is 18.9 Å². The molecule has 0 spiro atoms. The van der Waals surface area contributed by atoms with Crippen LogP contribution in [0.2, 0.25) is 0 Å². The molecule has 0 aromatic heterocycles. The standard InChI is InChI=1S/C31H54N2O12/c1-5-9-18-42-23-24(34)22-33(16-12-21-45-31(41)27(37)8-4)28(38)13-17-32(14-10-19-43-29(39)25(35)6-2)15-11-20-44-30(40)26(36)7-3/h24,28,34,38H,5-23H2,1-4H3. The van der Waals surface area contributed by atoms with E-state index < -0.39 is 47.6 Å². The van der Waals surface area contributed by atoms with E-state index in [0.29, 0.717) is 45.5 Å². The lowest BCUT2D eigenvalue weighted by Gasteiger charge is -2.31. The zero-order valence-corrected chi connectivity index (χ0v) is 27.5. The van der Waals surface area contributed by atoms with Gasteiger partial charge in [0.2, 0.25) is 17.3 Å². The Balaban J connectivity index is 5.22. The molecule has 0 aromatic rings. The van der Waals surface area contributed by atoms with Gasteiger partial charge in [0.1, 0.15) is 6.23 Å². The summed E-state index contributed by atoms with van der Waals surface area (Å²) < 4.78 is 20.5. The van der Waals surface area contributed by atoms with E-state index in [9.17, 15) is 39.0 Å². The molecule has 0 aliphatic rings. The highest BCUT2D eigenvalue weighted by Crippen LogP contribution is 2.09. The van der Waals surface area contributed by atoms with Crippen LogP contribution in [0.15, 0.2) is 0 Å². The van der Waals surface area contributed by atoms with Crippen molar-refractivity contribution < 1.29 is 57.9 Å². The van der Waals surface area contributed by atoms with Crippen LogP contribution < -0.4 is 0 Å². The highest BCUT2D eigenvalue weighted by molar-refractivity contribution is 6.34. The zero-order chi connectivity index (χ0) is 34.0. The Morgan fingerprint density at radius 1 is 0.600 bits per heavy atom. The Kier molecular flexibility index (Phi) is 24.8. The number of Topliss-reactive ketones (excluding diaryl/α,β-unsaturated/α-hetero) is 3. The molecule has 0 rings (SSSR count). The average Bonchev–Trinajstić information content (AvgIpc) is 3.04. The largest absolute Gasteiger partial charge is 0.460 e. The lowest BCUT2D eigenvalue weighted by Crippen LogP contribution is -2.44. The van der Waals surface area contributed by atoms with Crippen LogP contribution in [0.25, 0.3) is 0 Å². The van der Waals surface area contributed by atoms with Gasteiger partial charge < -0.3 is 34.1 Å². The Bertz CT molecular complexity index is 862. The van der Waals surface area contributed by atoms with Crippen LogP contribution in [-0.2, 0) is 47.7 Å². The number of hydrogen-bond acceptors (Lipinski definition) is 14. The van der Waals surface area contributed by atoms with Crippen molar-refractivity contribution in [2.75, 3.05) is 65.8 Å². The predicted molar refractivity (Wildman–Crippen MR) is 163 cm³/mol. The molecule has 0 aliphatic carbocycles. The van der Waals surface area contributed by atoms with Gasteiger partial charge >= 0.3 is 17.9 Å². The van der Waals surface area contributed by atoms with Crippen molar-refractivity contribution in [1.82, 2.24) is 9.80 Å². The summed E-state index contributed by atoms with van der Waals surface area (Å²) >= 11 is 0. The molecule has 0 saturated heterocycles. The summed E-state index contributed by atoms with van der Waals surface area (Å²) in [6, 6.07) is 0. The number of esters is 3. The van der Waals surface area contributed by atoms with E-state index in [2.05, 4.69) is 0 Å². The van der Waals surface area contributed by atoms with Gasteiger partial charge in [-0.15, -0.1) is 0 Å². The molecule has 0 fully saturated rings.